The molecule has 0 unspecified atom stereocenters. The number of aromatic nitrogens is 1. The van der Waals surface area contributed by atoms with Gasteiger partial charge in [-0.05, 0) is 13.0 Å². The van der Waals surface area contributed by atoms with Gasteiger partial charge in [-0.1, -0.05) is 0 Å². The van der Waals surface area contributed by atoms with Crippen molar-refractivity contribution >= 4 is 39.9 Å². The van der Waals surface area contributed by atoms with Gasteiger partial charge in [0.1, 0.15) is 4.34 Å². The van der Waals surface area contributed by atoms with Crippen LogP contribution in [-0.2, 0) is 0 Å². The van der Waals surface area contributed by atoms with Gasteiger partial charge >= 0.3 is 0 Å². The zero-order valence-corrected chi connectivity index (χ0v) is 8.93. The van der Waals surface area contributed by atoms with Crippen molar-refractivity contribution < 1.29 is 4.92 Å². The lowest BCUT2D eigenvalue weighted by molar-refractivity contribution is -0.385. The number of nitro benzene ring substituents is 1. The first-order valence-electron chi connectivity index (χ1n) is 3.83. The Labute approximate surface area is 89.1 Å². The molecule has 72 valence electrons. The Morgan fingerprint density at radius 3 is 2.93 bits per heavy atom. The Kier molecular flexibility index (Phi) is 2.16. The Morgan fingerprint density at radius 2 is 2.29 bits per heavy atom. The van der Waals surface area contributed by atoms with E-state index < -0.39 is 4.92 Å². The van der Waals surface area contributed by atoms with Gasteiger partial charge in [-0.2, -0.15) is 0 Å². The first-order chi connectivity index (χ1) is 6.59. The number of hydrogen-bond donors (Lipinski definition) is 1. The molecule has 0 fully saturated rings. The zero-order valence-electron chi connectivity index (χ0n) is 7.22. The minimum atomic E-state index is -0.397. The molecule has 0 bridgehead atoms. The second-order valence-corrected chi connectivity index (χ2v) is 4.57. The summed E-state index contributed by atoms with van der Waals surface area (Å²) in [5, 5.41) is 10.6. The Morgan fingerprint density at radius 1 is 1.57 bits per heavy atom. The van der Waals surface area contributed by atoms with Crippen molar-refractivity contribution in [3.05, 3.63) is 27.8 Å². The maximum atomic E-state index is 10.6. The molecule has 0 saturated carbocycles. The quantitative estimate of drug-likeness (QED) is 0.462. The fourth-order valence-corrected chi connectivity index (χ4v) is 2.46. The number of thiol groups is 1. The van der Waals surface area contributed by atoms with Crippen molar-refractivity contribution in [2.45, 2.75) is 11.3 Å². The normalized spacial score (nSPS) is 10.7. The lowest BCUT2D eigenvalue weighted by Gasteiger charge is -1.96. The number of aryl methyl sites for hydroxylation is 1. The van der Waals surface area contributed by atoms with E-state index in [1.54, 1.807) is 13.0 Å². The van der Waals surface area contributed by atoms with E-state index in [0.717, 1.165) is 4.70 Å². The molecular weight excluding hydrogens is 220 g/mol. The molecule has 2 aromatic rings. The van der Waals surface area contributed by atoms with Crippen LogP contribution in [0.25, 0.3) is 10.2 Å². The fourth-order valence-electron chi connectivity index (χ4n) is 1.30. The summed E-state index contributed by atoms with van der Waals surface area (Å²) in [6, 6.07) is 3.21. The molecule has 0 spiro atoms. The van der Waals surface area contributed by atoms with Gasteiger partial charge in [0.15, 0.2) is 0 Å². The van der Waals surface area contributed by atoms with Crippen LogP contribution in [0.4, 0.5) is 5.69 Å². The molecule has 0 aliphatic carbocycles. The number of rotatable bonds is 1. The summed E-state index contributed by atoms with van der Waals surface area (Å²) in [6.07, 6.45) is 0. The third kappa shape index (κ3) is 1.36. The molecule has 0 aliphatic heterocycles. The van der Waals surface area contributed by atoms with Crippen LogP contribution in [0.2, 0.25) is 0 Å². The molecule has 0 N–H and O–H groups in total. The number of hydrogen-bond acceptors (Lipinski definition) is 5. The molecular formula is C8H6N2O2S2. The molecule has 0 atom stereocenters. The van der Waals surface area contributed by atoms with Crippen molar-refractivity contribution in [2.75, 3.05) is 0 Å². The lowest BCUT2D eigenvalue weighted by Crippen LogP contribution is -1.91. The van der Waals surface area contributed by atoms with Crippen molar-refractivity contribution in [1.82, 2.24) is 4.98 Å². The van der Waals surface area contributed by atoms with Crippen molar-refractivity contribution in [3.63, 3.8) is 0 Å². The highest BCUT2D eigenvalue weighted by molar-refractivity contribution is 7.82. The van der Waals surface area contributed by atoms with Gasteiger partial charge in [-0.15, -0.1) is 24.0 Å². The Hall–Kier alpha value is -1.14. The van der Waals surface area contributed by atoms with Gasteiger partial charge in [0.25, 0.3) is 5.69 Å². The number of benzene rings is 1. The molecule has 1 aromatic heterocycles. The first-order valence-corrected chi connectivity index (χ1v) is 5.09. The summed E-state index contributed by atoms with van der Waals surface area (Å²) in [5.41, 5.74) is 1.38. The van der Waals surface area contributed by atoms with Crippen LogP contribution in [0.15, 0.2) is 16.5 Å². The van der Waals surface area contributed by atoms with Crippen LogP contribution in [0.1, 0.15) is 5.56 Å². The molecule has 14 heavy (non-hydrogen) atoms. The average molecular weight is 226 g/mol. The summed E-state index contributed by atoms with van der Waals surface area (Å²) in [4.78, 5) is 14.4. The standard InChI is InChI=1S/C8H6N2O2S2/c1-4-5(10(11)12)2-3-6-7(4)9-8(13)14-6/h2-3H,1H3,(H,9,13). The van der Waals surface area contributed by atoms with E-state index in [2.05, 4.69) is 17.6 Å². The third-order valence-corrected chi connectivity index (χ3v) is 3.17. The van der Waals surface area contributed by atoms with E-state index in [0.29, 0.717) is 15.4 Å². The van der Waals surface area contributed by atoms with Crippen LogP contribution >= 0.6 is 24.0 Å². The van der Waals surface area contributed by atoms with E-state index in [-0.39, 0.29) is 5.69 Å². The van der Waals surface area contributed by atoms with Gasteiger partial charge in [-0.25, -0.2) is 4.98 Å². The molecule has 6 heteroatoms. The van der Waals surface area contributed by atoms with E-state index in [9.17, 15) is 10.1 Å². The van der Waals surface area contributed by atoms with Crippen molar-refractivity contribution in [3.8, 4) is 0 Å². The molecule has 1 heterocycles. The van der Waals surface area contributed by atoms with Crippen LogP contribution in [0.3, 0.4) is 0 Å². The lowest BCUT2D eigenvalue weighted by atomic mass is 10.2. The first kappa shape index (κ1) is 9.42. The second-order valence-electron chi connectivity index (χ2n) is 2.81. The summed E-state index contributed by atoms with van der Waals surface area (Å²) in [5.74, 6) is 0. The monoisotopic (exact) mass is 226 g/mol. The SMILES string of the molecule is Cc1c([N+](=O)[O-])ccc2sc(S)nc12. The minimum absolute atomic E-state index is 0.108. The van der Waals surface area contributed by atoms with E-state index in [4.69, 9.17) is 0 Å². The van der Waals surface area contributed by atoms with Gasteiger partial charge in [-0.3, -0.25) is 10.1 Å². The van der Waals surface area contributed by atoms with Gasteiger partial charge < -0.3 is 0 Å². The molecule has 0 aliphatic rings. The van der Waals surface area contributed by atoms with Gasteiger partial charge in [0.2, 0.25) is 0 Å². The third-order valence-electron chi connectivity index (χ3n) is 1.97. The Balaban J connectivity index is 2.80. The van der Waals surface area contributed by atoms with E-state index in [1.807, 2.05) is 0 Å². The predicted molar refractivity (Wildman–Crippen MR) is 58.3 cm³/mol. The molecule has 2 rings (SSSR count). The summed E-state index contributed by atoms with van der Waals surface area (Å²) < 4.78 is 1.56. The number of thiazole rings is 1. The number of nitrogens with zero attached hydrogens (tertiary/aromatic N) is 2. The highest BCUT2D eigenvalue weighted by Crippen LogP contribution is 2.31. The maximum Gasteiger partial charge on any atom is 0.274 e. The smallest absolute Gasteiger partial charge is 0.258 e. The highest BCUT2D eigenvalue weighted by atomic mass is 32.2. The number of fused-ring (bicyclic) bond motifs is 1. The van der Waals surface area contributed by atoms with Gasteiger partial charge in [0, 0.05) is 6.07 Å². The topological polar surface area (TPSA) is 56.0 Å². The Bertz CT molecular complexity index is 521. The molecule has 0 radical (unpaired) electrons. The van der Waals surface area contributed by atoms with Crippen LogP contribution in [0, 0.1) is 17.0 Å². The van der Waals surface area contributed by atoms with Crippen molar-refractivity contribution in [2.24, 2.45) is 0 Å². The van der Waals surface area contributed by atoms with E-state index in [1.165, 1.54) is 17.4 Å². The molecule has 1 aromatic carbocycles. The minimum Gasteiger partial charge on any atom is -0.258 e. The predicted octanol–water partition coefficient (Wildman–Crippen LogP) is 2.80. The maximum absolute atomic E-state index is 10.6. The fraction of sp³-hybridized carbons (Fsp3) is 0.125. The van der Waals surface area contributed by atoms with E-state index >= 15 is 0 Å². The summed E-state index contributed by atoms with van der Waals surface area (Å²) >= 11 is 5.53. The van der Waals surface area contributed by atoms with Gasteiger partial charge in [0.05, 0.1) is 20.7 Å². The average Bonchev–Trinajstić information content (AvgIpc) is 2.46. The molecule has 0 amide bonds. The molecule has 4 nitrogen and oxygen atoms in total. The number of nitro groups is 1. The summed E-state index contributed by atoms with van der Waals surface area (Å²) in [6.45, 7) is 1.70. The molecule has 0 saturated heterocycles. The van der Waals surface area contributed by atoms with Crippen LogP contribution < -0.4 is 0 Å². The highest BCUT2D eigenvalue weighted by Gasteiger charge is 2.15. The summed E-state index contributed by atoms with van der Waals surface area (Å²) in [7, 11) is 0. The van der Waals surface area contributed by atoms with Crippen LogP contribution in [0.5, 0.6) is 0 Å². The van der Waals surface area contributed by atoms with Crippen LogP contribution in [-0.4, -0.2) is 9.91 Å². The van der Waals surface area contributed by atoms with Crippen molar-refractivity contribution in [1.29, 1.82) is 0 Å². The second kappa shape index (κ2) is 3.21. The zero-order chi connectivity index (χ0) is 10.3. The largest absolute Gasteiger partial charge is 0.274 e.